The first kappa shape index (κ1) is 12.0. The average Bonchev–Trinajstić information content (AvgIpc) is 2.40. The van der Waals surface area contributed by atoms with Gasteiger partial charge in [0, 0.05) is 5.88 Å². The highest BCUT2D eigenvalue weighted by molar-refractivity contribution is 6.17. The third-order valence-corrected chi connectivity index (χ3v) is 3.05. The minimum Gasteiger partial charge on any atom is -0.497 e. The summed E-state index contributed by atoms with van der Waals surface area (Å²) < 4.78 is 5.14. The summed E-state index contributed by atoms with van der Waals surface area (Å²) in [5.74, 6) is 1.47. The maximum absolute atomic E-state index is 5.76. The summed E-state index contributed by atoms with van der Waals surface area (Å²) in [5, 5.41) is 0. The van der Waals surface area contributed by atoms with Crippen LogP contribution in [0.3, 0.4) is 0 Å². The van der Waals surface area contributed by atoms with Gasteiger partial charge in [-0.15, -0.1) is 11.6 Å². The van der Waals surface area contributed by atoms with Gasteiger partial charge < -0.3 is 4.74 Å². The molecule has 0 saturated carbocycles. The zero-order valence-corrected chi connectivity index (χ0v) is 10.6. The molecule has 0 aromatic heterocycles. The Bertz CT molecular complexity index is 414. The van der Waals surface area contributed by atoms with Crippen molar-refractivity contribution in [2.24, 2.45) is 0 Å². The molecular weight excluding hydrogens is 232 g/mol. The lowest BCUT2D eigenvalue weighted by Crippen LogP contribution is -1.89. The summed E-state index contributed by atoms with van der Waals surface area (Å²) in [6, 6.07) is 16.6. The zero-order valence-electron chi connectivity index (χ0n) is 9.82. The highest BCUT2D eigenvalue weighted by Crippen LogP contribution is 2.15. The molecule has 0 N–H and O–H groups in total. The number of hydrogen-bond donors (Lipinski definition) is 0. The lowest BCUT2D eigenvalue weighted by atomic mass is 10.0. The maximum Gasteiger partial charge on any atom is 0.118 e. The molecule has 2 heteroatoms. The van der Waals surface area contributed by atoms with Crippen LogP contribution in [0.5, 0.6) is 5.75 Å². The second-order valence-electron chi connectivity index (χ2n) is 3.97. The lowest BCUT2D eigenvalue weighted by molar-refractivity contribution is 0.414. The Balaban J connectivity index is 2.08. The second-order valence-corrected chi connectivity index (χ2v) is 4.24. The van der Waals surface area contributed by atoms with Gasteiger partial charge >= 0.3 is 0 Å². The molecule has 0 amide bonds. The van der Waals surface area contributed by atoms with E-state index in [-0.39, 0.29) is 0 Å². The van der Waals surface area contributed by atoms with Crippen LogP contribution in [0.4, 0.5) is 0 Å². The normalized spacial score (nSPS) is 10.2. The maximum atomic E-state index is 5.76. The number of benzene rings is 2. The van der Waals surface area contributed by atoms with Crippen LogP contribution in [0, 0.1) is 0 Å². The van der Waals surface area contributed by atoms with E-state index in [2.05, 4.69) is 36.4 Å². The predicted molar refractivity (Wildman–Crippen MR) is 71.8 cm³/mol. The topological polar surface area (TPSA) is 9.23 Å². The summed E-state index contributed by atoms with van der Waals surface area (Å²) >= 11 is 5.76. The molecule has 0 bridgehead atoms. The van der Waals surface area contributed by atoms with Gasteiger partial charge in [0.2, 0.25) is 0 Å². The van der Waals surface area contributed by atoms with E-state index in [4.69, 9.17) is 16.3 Å². The first-order valence-corrected chi connectivity index (χ1v) is 6.12. The zero-order chi connectivity index (χ0) is 12.1. The molecule has 2 rings (SSSR count). The van der Waals surface area contributed by atoms with E-state index in [0.29, 0.717) is 5.88 Å². The molecule has 0 aliphatic rings. The van der Waals surface area contributed by atoms with Crippen molar-refractivity contribution in [3.8, 4) is 5.75 Å². The Morgan fingerprint density at radius 2 is 1.29 bits per heavy atom. The molecule has 0 unspecified atom stereocenters. The van der Waals surface area contributed by atoms with Crippen LogP contribution in [-0.2, 0) is 12.3 Å². The summed E-state index contributed by atoms with van der Waals surface area (Å²) in [7, 11) is 1.68. The molecule has 2 aromatic rings. The largest absolute Gasteiger partial charge is 0.497 e. The van der Waals surface area contributed by atoms with Crippen molar-refractivity contribution in [3.63, 3.8) is 0 Å². The van der Waals surface area contributed by atoms with E-state index >= 15 is 0 Å². The molecule has 0 radical (unpaired) electrons. The van der Waals surface area contributed by atoms with Gasteiger partial charge in [-0.25, -0.2) is 0 Å². The Morgan fingerprint density at radius 3 is 1.76 bits per heavy atom. The molecule has 0 aliphatic carbocycles. The third-order valence-electron chi connectivity index (χ3n) is 2.74. The van der Waals surface area contributed by atoms with E-state index < -0.39 is 0 Å². The minimum atomic E-state index is 0.572. The third kappa shape index (κ3) is 3.24. The van der Waals surface area contributed by atoms with Crippen LogP contribution >= 0.6 is 11.6 Å². The number of alkyl halides is 1. The van der Waals surface area contributed by atoms with Crippen molar-refractivity contribution in [2.45, 2.75) is 12.3 Å². The standard InChI is InChI=1S/C15H15ClO/c1-17-15-8-6-13(7-9-15)10-12-2-4-14(11-16)5-3-12/h2-9H,10-11H2,1H3. The van der Waals surface area contributed by atoms with E-state index in [9.17, 15) is 0 Å². The van der Waals surface area contributed by atoms with Gasteiger partial charge in [0.1, 0.15) is 5.75 Å². The van der Waals surface area contributed by atoms with Gasteiger partial charge in [0.05, 0.1) is 7.11 Å². The van der Waals surface area contributed by atoms with E-state index in [1.165, 1.54) is 11.1 Å². The van der Waals surface area contributed by atoms with Gasteiger partial charge in [-0.2, -0.15) is 0 Å². The summed E-state index contributed by atoms with van der Waals surface area (Å²) in [6.45, 7) is 0. The molecule has 0 heterocycles. The Morgan fingerprint density at radius 1 is 0.824 bits per heavy atom. The second kappa shape index (κ2) is 5.74. The van der Waals surface area contributed by atoms with Gasteiger partial charge in [-0.3, -0.25) is 0 Å². The van der Waals surface area contributed by atoms with Crippen LogP contribution in [0.1, 0.15) is 16.7 Å². The molecule has 0 atom stereocenters. The van der Waals surface area contributed by atoms with Crippen LogP contribution in [-0.4, -0.2) is 7.11 Å². The number of halogens is 1. The van der Waals surface area contributed by atoms with E-state index in [1.807, 2.05) is 12.1 Å². The fourth-order valence-corrected chi connectivity index (χ4v) is 1.90. The molecule has 0 saturated heterocycles. The van der Waals surface area contributed by atoms with Crippen molar-refractivity contribution < 1.29 is 4.74 Å². The summed E-state index contributed by atoms with van der Waals surface area (Å²) in [5.41, 5.74) is 3.73. The van der Waals surface area contributed by atoms with Crippen LogP contribution in [0.2, 0.25) is 0 Å². The monoisotopic (exact) mass is 246 g/mol. The highest BCUT2D eigenvalue weighted by atomic mass is 35.5. The first-order valence-electron chi connectivity index (χ1n) is 5.58. The van der Waals surface area contributed by atoms with Gasteiger partial charge in [0.15, 0.2) is 0 Å². The number of rotatable bonds is 4. The minimum absolute atomic E-state index is 0.572. The Hall–Kier alpha value is -1.47. The number of hydrogen-bond acceptors (Lipinski definition) is 1. The molecule has 17 heavy (non-hydrogen) atoms. The molecule has 1 nitrogen and oxygen atoms in total. The highest BCUT2D eigenvalue weighted by Gasteiger charge is 1.98. The fraction of sp³-hybridized carbons (Fsp3) is 0.200. The van der Waals surface area contributed by atoms with Crippen molar-refractivity contribution in [1.82, 2.24) is 0 Å². The quantitative estimate of drug-likeness (QED) is 0.741. The summed E-state index contributed by atoms with van der Waals surface area (Å²) in [6.07, 6.45) is 0.937. The predicted octanol–water partition coefficient (Wildman–Crippen LogP) is 4.02. The molecule has 0 spiro atoms. The summed E-state index contributed by atoms with van der Waals surface area (Å²) in [4.78, 5) is 0. The van der Waals surface area contributed by atoms with Crippen LogP contribution in [0.15, 0.2) is 48.5 Å². The van der Waals surface area contributed by atoms with Crippen LogP contribution in [0.25, 0.3) is 0 Å². The van der Waals surface area contributed by atoms with Crippen molar-refractivity contribution >= 4 is 11.6 Å². The van der Waals surface area contributed by atoms with Crippen molar-refractivity contribution in [2.75, 3.05) is 7.11 Å². The Labute approximate surface area is 107 Å². The Kier molecular flexibility index (Phi) is 4.05. The van der Waals surface area contributed by atoms with Gasteiger partial charge in [-0.05, 0) is 35.2 Å². The van der Waals surface area contributed by atoms with Gasteiger partial charge in [-0.1, -0.05) is 36.4 Å². The molecule has 88 valence electrons. The van der Waals surface area contributed by atoms with Crippen LogP contribution < -0.4 is 4.74 Å². The SMILES string of the molecule is COc1ccc(Cc2ccc(CCl)cc2)cc1. The number of methoxy groups -OCH3 is 1. The van der Waals surface area contributed by atoms with E-state index in [1.54, 1.807) is 7.11 Å². The number of ether oxygens (including phenoxy) is 1. The van der Waals surface area contributed by atoms with Crippen molar-refractivity contribution in [1.29, 1.82) is 0 Å². The molecule has 0 aliphatic heterocycles. The lowest BCUT2D eigenvalue weighted by Gasteiger charge is -2.04. The van der Waals surface area contributed by atoms with E-state index in [0.717, 1.165) is 17.7 Å². The fourth-order valence-electron chi connectivity index (χ4n) is 1.73. The molecule has 0 fully saturated rings. The van der Waals surface area contributed by atoms with Crippen molar-refractivity contribution in [3.05, 3.63) is 65.2 Å². The average molecular weight is 247 g/mol. The first-order chi connectivity index (χ1) is 8.31. The molecular formula is C15H15ClO. The van der Waals surface area contributed by atoms with Gasteiger partial charge in [0.25, 0.3) is 0 Å². The molecule has 2 aromatic carbocycles. The smallest absolute Gasteiger partial charge is 0.118 e.